The molecule has 0 atom stereocenters. The fraction of sp³-hybridized carbons (Fsp3) is 0.200. The molecular weight excluding hydrogens is 370 g/mol. The predicted molar refractivity (Wildman–Crippen MR) is 95.9 cm³/mol. The zero-order valence-corrected chi connectivity index (χ0v) is 14.9. The number of nitrogens with one attached hydrogen (secondary N) is 2. The van der Waals surface area contributed by atoms with E-state index in [2.05, 4.69) is 62.7 Å². The highest BCUT2D eigenvalue weighted by Gasteiger charge is 2.09. The monoisotopic (exact) mass is 383 g/mol. The highest BCUT2D eigenvalue weighted by atomic mass is 79.9. The summed E-state index contributed by atoms with van der Waals surface area (Å²) in [5, 5.41) is 7.35. The quantitative estimate of drug-likeness (QED) is 0.758. The lowest BCUT2D eigenvalue weighted by molar-refractivity contribution is 0.924. The molecule has 0 fully saturated rings. The maximum Gasteiger partial charge on any atom is 0.172 e. The second kappa shape index (κ2) is 7.20. The molecule has 0 bridgehead atoms. The van der Waals surface area contributed by atoms with Crippen molar-refractivity contribution in [3.8, 4) is 0 Å². The Balaban J connectivity index is 1.96. The lowest BCUT2D eigenvalue weighted by Gasteiger charge is -2.12. The van der Waals surface area contributed by atoms with Gasteiger partial charge < -0.3 is 10.6 Å². The van der Waals surface area contributed by atoms with Crippen molar-refractivity contribution in [1.82, 2.24) is 10.3 Å². The van der Waals surface area contributed by atoms with Gasteiger partial charge in [0.15, 0.2) is 5.11 Å². The molecule has 0 saturated carbocycles. The van der Waals surface area contributed by atoms with Crippen LogP contribution in [0.3, 0.4) is 0 Å². The third kappa shape index (κ3) is 4.40. The molecule has 2 aromatic rings. The summed E-state index contributed by atoms with van der Waals surface area (Å²) in [6, 6.07) is 8.31. The molecule has 21 heavy (non-hydrogen) atoms. The molecule has 0 saturated heterocycles. The normalized spacial score (nSPS) is 10.3. The van der Waals surface area contributed by atoms with E-state index in [-0.39, 0.29) is 0 Å². The largest absolute Gasteiger partial charge is 0.358 e. The third-order valence-electron chi connectivity index (χ3n) is 3.01. The number of halogens is 2. The van der Waals surface area contributed by atoms with Crippen LogP contribution in [0.4, 0.5) is 5.82 Å². The van der Waals surface area contributed by atoms with Gasteiger partial charge in [-0.3, -0.25) is 0 Å². The number of benzene rings is 1. The minimum atomic E-state index is 0.519. The third-order valence-corrected chi connectivity index (χ3v) is 4.61. The Morgan fingerprint density at radius 2 is 1.95 bits per heavy atom. The van der Waals surface area contributed by atoms with Gasteiger partial charge in [-0.1, -0.05) is 41.4 Å². The number of hydrogen-bond acceptors (Lipinski definition) is 2. The molecule has 2 N–H and O–H groups in total. The first-order valence-corrected chi connectivity index (χ1v) is 7.96. The molecular formula is C15H15BrClN3S. The molecule has 1 heterocycles. The summed E-state index contributed by atoms with van der Waals surface area (Å²) in [6.45, 7) is 4.65. The van der Waals surface area contributed by atoms with Gasteiger partial charge in [0, 0.05) is 12.7 Å². The second-order valence-electron chi connectivity index (χ2n) is 4.69. The Kier molecular flexibility index (Phi) is 5.56. The Bertz CT molecular complexity index is 659. The lowest BCUT2D eigenvalue weighted by Crippen LogP contribution is -2.28. The lowest BCUT2D eigenvalue weighted by atomic mass is 10.1. The van der Waals surface area contributed by atoms with Crippen LogP contribution in [0.25, 0.3) is 0 Å². The topological polar surface area (TPSA) is 37.0 Å². The Hall–Kier alpha value is -1.17. The molecule has 1 aromatic heterocycles. The van der Waals surface area contributed by atoms with Crippen molar-refractivity contribution in [2.24, 2.45) is 0 Å². The van der Waals surface area contributed by atoms with Gasteiger partial charge in [-0.15, -0.1) is 0 Å². The zero-order chi connectivity index (χ0) is 15.4. The van der Waals surface area contributed by atoms with Crippen LogP contribution in [-0.2, 0) is 6.54 Å². The van der Waals surface area contributed by atoms with Crippen LogP contribution in [0.1, 0.15) is 16.7 Å². The highest BCUT2D eigenvalue weighted by Crippen LogP contribution is 2.28. The molecule has 1 aromatic carbocycles. The summed E-state index contributed by atoms with van der Waals surface area (Å²) >= 11 is 14.8. The predicted octanol–water partition coefficient (Wildman–Crippen LogP) is 4.60. The molecule has 3 nitrogen and oxygen atoms in total. The summed E-state index contributed by atoms with van der Waals surface area (Å²) in [4.78, 5) is 4.23. The minimum Gasteiger partial charge on any atom is -0.358 e. The van der Waals surface area contributed by atoms with Crippen molar-refractivity contribution in [2.45, 2.75) is 20.4 Å². The van der Waals surface area contributed by atoms with Gasteiger partial charge in [0.25, 0.3) is 0 Å². The standard InChI is InChI=1S/C15H15BrClN3S/c1-9-3-5-11(6-4-9)7-19-15(21)20-14-13(16)10(2)12(17)8-18-14/h3-6,8H,7H2,1-2H3,(H2,18,19,20,21). The van der Waals surface area contributed by atoms with Gasteiger partial charge in [0.05, 0.1) is 9.50 Å². The number of aromatic nitrogens is 1. The minimum absolute atomic E-state index is 0.519. The SMILES string of the molecule is Cc1ccc(CNC(=S)Nc2ncc(Cl)c(C)c2Br)cc1. The molecule has 2 rings (SSSR count). The van der Waals surface area contributed by atoms with E-state index in [1.54, 1.807) is 6.20 Å². The Morgan fingerprint density at radius 1 is 1.29 bits per heavy atom. The first kappa shape index (κ1) is 16.2. The molecule has 110 valence electrons. The first-order valence-electron chi connectivity index (χ1n) is 6.38. The molecule has 6 heteroatoms. The fourth-order valence-corrected chi connectivity index (χ4v) is 2.53. The summed E-state index contributed by atoms with van der Waals surface area (Å²) in [6.07, 6.45) is 1.60. The van der Waals surface area contributed by atoms with E-state index in [1.165, 1.54) is 11.1 Å². The Morgan fingerprint density at radius 3 is 2.62 bits per heavy atom. The van der Waals surface area contributed by atoms with Gasteiger partial charge in [0.1, 0.15) is 5.82 Å². The van der Waals surface area contributed by atoms with Crippen molar-refractivity contribution >= 4 is 50.7 Å². The van der Waals surface area contributed by atoms with Gasteiger partial charge in [-0.25, -0.2) is 4.98 Å². The molecule has 0 aliphatic rings. The number of nitrogens with zero attached hydrogens (tertiary/aromatic N) is 1. The molecule has 0 radical (unpaired) electrons. The first-order chi connectivity index (χ1) is 9.97. The molecule has 0 unspecified atom stereocenters. The van der Waals surface area contributed by atoms with Crippen LogP contribution in [0.15, 0.2) is 34.9 Å². The summed E-state index contributed by atoms with van der Waals surface area (Å²) < 4.78 is 0.814. The summed E-state index contributed by atoms with van der Waals surface area (Å²) in [5.74, 6) is 0.651. The van der Waals surface area contributed by atoms with E-state index in [9.17, 15) is 0 Å². The molecule has 0 aliphatic heterocycles. The van der Waals surface area contributed by atoms with Crippen LogP contribution >= 0.6 is 39.7 Å². The van der Waals surface area contributed by atoms with Crippen molar-refractivity contribution in [2.75, 3.05) is 5.32 Å². The fourth-order valence-electron chi connectivity index (χ4n) is 1.68. The number of thiocarbonyl (C=S) groups is 1. The number of anilines is 1. The van der Waals surface area contributed by atoms with Crippen LogP contribution in [-0.4, -0.2) is 10.1 Å². The van der Waals surface area contributed by atoms with Crippen molar-refractivity contribution in [3.05, 3.63) is 56.6 Å². The molecule has 0 aliphatic carbocycles. The van der Waals surface area contributed by atoms with Crippen molar-refractivity contribution in [1.29, 1.82) is 0 Å². The van der Waals surface area contributed by atoms with E-state index in [0.29, 0.717) is 22.5 Å². The summed E-state index contributed by atoms with van der Waals surface area (Å²) in [7, 11) is 0. The van der Waals surface area contributed by atoms with Gasteiger partial charge in [-0.05, 0) is 53.1 Å². The van der Waals surface area contributed by atoms with Crippen LogP contribution in [0, 0.1) is 13.8 Å². The van der Waals surface area contributed by atoms with E-state index in [4.69, 9.17) is 23.8 Å². The smallest absolute Gasteiger partial charge is 0.172 e. The average Bonchev–Trinajstić information content (AvgIpc) is 2.47. The summed E-state index contributed by atoms with van der Waals surface area (Å²) in [5.41, 5.74) is 3.34. The number of pyridine rings is 1. The van der Waals surface area contributed by atoms with E-state index < -0.39 is 0 Å². The van der Waals surface area contributed by atoms with Crippen LogP contribution < -0.4 is 10.6 Å². The molecule has 0 amide bonds. The number of aryl methyl sites for hydroxylation is 1. The maximum atomic E-state index is 6.01. The van der Waals surface area contributed by atoms with Gasteiger partial charge in [-0.2, -0.15) is 0 Å². The van der Waals surface area contributed by atoms with Gasteiger partial charge in [0.2, 0.25) is 0 Å². The van der Waals surface area contributed by atoms with Gasteiger partial charge >= 0.3 is 0 Å². The Labute approximate surface area is 143 Å². The van der Waals surface area contributed by atoms with E-state index in [1.807, 2.05) is 6.92 Å². The average molecular weight is 385 g/mol. The van der Waals surface area contributed by atoms with Crippen LogP contribution in [0.2, 0.25) is 5.02 Å². The van der Waals surface area contributed by atoms with E-state index in [0.717, 1.165) is 10.0 Å². The number of hydrogen-bond donors (Lipinski definition) is 2. The zero-order valence-electron chi connectivity index (χ0n) is 11.7. The second-order valence-corrected chi connectivity index (χ2v) is 6.30. The molecule has 0 spiro atoms. The van der Waals surface area contributed by atoms with Crippen molar-refractivity contribution in [3.63, 3.8) is 0 Å². The van der Waals surface area contributed by atoms with Crippen LogP contribution in [0.5, 0.6) is 0 Å². The number of rotatable bonds is 3. The van der Waals surface area contributed by atoms with E-state index >= 15 is 0 Å². The highest BCUT2D eigenvalue weighted by molar-refractivity contribution is 9.10. The van der Waals surface area contributed by atoms with Crippen molar-refractivity contribution < 1.29 is 0 Å². The maximum absolute atomic E-state index is 6.01.